The van der Waals surface area contributed by atoms with Crippen LogP contribution in [0.3, 0.4) is 0 Å². The molecule has 8 heteroatoms. The van der Waals surface area contributed by atoms with Crippen LogP contribution < -0.4 is 19.5 Å². The number of nitrogens with one attached hydrogen (secondary N) is 1. The quantitative estimate of drug-likeness (QED) is 0.641. The summed E-state index contributed by atoms with van der Waals surface area (Å²) in [7, 11) is 3.22. The molecule has 0 saturated carbocycles. The summed E-state index contributed by atoms with van der Waals surface area (Å²) in [6, 6.07) is 14.8. The first-order valence-corrected chi connectivity index (χ1v) is 9.00. The number of amides is 1. The summed E-state index contributed by atoms with van der Waals surface area (Å²) in [5.74, 6) is 1.83. The van der Waals surface area contributed by atoms with Gasteiger partial charge in [0.25, 0.3) is 5.91 Å². The van der Waals surface area contributed by atoms with Crippen LogP contribution in [0, 0.1) is 0 Å². The fourth-order valence-electron chi connectivity index (χ4n) is 2.27. The number of carbonyl (C=O) groups is 1. The number of benzene rings is 2. The minimum atomic E-state index is -0.294. The molecule has 2 aromatic carbocycles. The number of aromatic nitrogens is 2. The van der Waals surface area contributed by atoms with Crippen molar-refractivity contribution in [3.05, 3.63) is 59.1 Å². The summed E-state index contributed by atoms with van der Waals surface area (Å²) >= 11 is 1.34. The molecule has 140 valence electrons. The molecule has 27 heavy (non-hydrogen) atoms. The number of nitrogens with zero attached hydrogens (tertiary/aromatic N) is 2. The average Bonchev–Trinajstić information content (AvgIpc) is 3.14. The third kappa shape index (κ3) is 5.42. The van der Waals surface area contributed by atoms with Crippen molar-refractivity contribution in [2.75, 3.05) is 26.1 Å². The van der Waals surface area contributed by atoms with Crippen LogP contribution in [0.15, 0.2) is 48.5 Å². The topological polar surface area (TPSA) is 82.6 Å². The summed E-state index contributed by atoms with van der Waals surface area (Å²) in [5.41, 5.74) is 1.09. The summed E-state index contributed by atoms with van der Waals surface area (Å²) in [6.45, 7) is -0.111. The predicted molar refractivity (Wildman–Crippen MR) is 103 cm³/mol. The number of anilines is 1. The van der Waals surface area contributed by atoms with Gasteiger partial charge in [-0.3, -0.25) is 10.1 Å². The molecule has 0 aliphatic rings. The van der Waals surface area contributed by atoms with E-state index in [0.29, 0.717) is 17.3 Å². The Kier molecular flexibility index (Phi) is 6.22. The van der Waals surface area contributed by atoms with Crippen LogP contribution >= 0.6 is 11.3 Å². The van der Waals surface area contributed by atoms with Crippen molar-refractivity contribution in [1.29, 1.82) is 0 Å². The van der Waals surface area contributed by atoms with Gasteiger partial charge in [-0.1, -0.05) is 23.5 Å². The average molecular weight is 385 g/mol. The summed E-state index contributed by atoms with van der Waals surface area (Å²) in [4.78, 5) is 12.0. The first-order valence-electron chi connectivity index (χ1n) is 8.18. The first-order chi connectivity index (χ1) is 13.2. The smallest absolute Gasteiger partial charge is 0.264 e. The highest BCUT2D eigenvalue weighted by atomic mass is 32.1. The fraction of sp³-hybridized carbons (Fsp3) is 0.211. The Bertz CT molecular complexity index is 879. The molecule has 0 spiro atoms. The van der Waals surface area contributed by atoms with Crippen LogP contribution in [0.25, 0.3) is 0 Å². The molecule has 1 amide bonds. The van der Waals surface area contributed by atoms with Crippen molar-refractivity contribution >= 4 is 22.4 Å². The van der Waals surface area contributed by atoms with Gasteiger partial charge in [0, 0.05) is 6.42 Å². The zero-order valence-electron chi connectivity index (χ0n) is 15.0. The van der Waals surface area contributed by atoms with Crippen molar-refractivity contribution in [3.8, 4) is 17.2 Å². The lowest BCUT2D eigenvalue weighted by Crippen LogP contribution is -2.20. The Balaban J connectivity index is 1.49. The van der Waals surface area contributed by atoms with E-state index in [2.05, 4.69) is 15.5 Å². The lowest BCUT2D eigenvalue weighted by Gasteiger charge is -2.06. The molecule has 0 fully saturated rings. The van der Waals surface area contributed by atoms with E-state index < -0.39 is 0 Å². The maximum Gasteiger partial charge on any atom is 0.264 e. The first kappa shape index (κ1) is 18.7. The van der Waals surface area contributed by atoms with E-state index >= 15 is 0 Å². The minimum absolute atomic E-state index is 0.111. The van der Waals surface area contributed by atoms with E-state index in [-0.39, 0.29) is 12.5 Å². The van der Waals surface area contributed by atoms with Gasteiger partial charge in [-0.15, -0.1) is 10.2 Å². The number of methoxy groups -OCH3 is 2. The molecule has 3 rings (SSSR count). The van der Waals surface area contributed by atoms with Crippen LogP contribution in [0.2, 0.25) is 0 Å². The molecule has 0 radical (unpaired) electrons. The van der Waals surface area contributed by atoms with Crippen LogP contribution in [-0.4, -0.2) is 36.9 Å². The van der Waals surface area contributed by atoms with Crippen LogP contribution in [0.4, 0.5) is 5.13 Å². The number of ether oxygens (including phenoxy) is 3. The molecule has 1 heterocycles. The molecule has 0 aliphatic heterocycles. The van der Waals surface area contributed by atoms with Crippen molar-refractivity contribution < 1.29 is 19.0 Å². The lowest BCUT2D eigenvalue weighted by atomic mass is 10.1. The second-order valence-corrected chi connectivity index (χ2v) is 6.60. The molecule has 0 saturated heterocycles. The maximum absolute atomic E-state index is 12.0. The zero-order chi connectivity index (χ0) is 19.1. The molecule has 0 aliphatic carbocycles. The highest BCUT2D eigenvalue weighted by Gasteiger charge is 2.10. The second kappa shape index (κ2) is 9.00. The van der Waals surface area contributed by atoms with Gasteiger partial charge < -0.3 is 14.2 Å². The predicted octanol–water partition coefficient (Wildman–Crippen LogP) is 3.16. The third-order valence-electron chi connectivity index (χ3n) is 3.66. The molecular formula is C19H19N3O4S. The van der Waals surface area contributed by atoms with Gasteiger partial charge in [0.05, 0.1) is 14.2 Å². The van der Waals surface area contributed by atoms with E-state index in [4.69, 9.17) is 14.2 Å². The van der Waals surface area contributed by atoms with E-state index in [9.17, 15) is 4.79 Å². The molecular weight excluding hydrogens is 366 g/mol. The third-order valence-corrected chi connectivity index (χ3v) is 4.50. The number of rotatable bonds is 8. The van der Waals surface area contributed by atoms with Gasteiger partial charge in [-0.2, -0.15) is 0 Å². The number of hydrogen-bond donors (Lipinski definition) is 1. The van der Waals surface area contributed by atoms with Crippen LogP contribution in [0.5, 0.6) is 17.2 Å². The highest BCUT2D eigenvalue weighted by Crippen LogP contribution is 2.20. The van der Waals surface area contributed by atoms with E-state index in [1.807, 2.05) is 24.3 Å². The summed E-state index contributed by atoms with van der Waals surface area (Å²) in [6.07, 6.45) is 0.639. The molecule has 0 bridgehead atoms. The fourth-order valence-corrected chi connectivity index (χ4v) is 3.06. The van der Waals surface area contributed by atoms with Gasteiger partial charge in [0.1, 0.15) is 22.3 Å². The summed E-state index contributed by atoms with van der Waals surface area (Å²) < 4.78 is 15.7. The lowest BCUT2D eigenvalue weighted by molar-refractivity contribution is -0.118. The van der Waals surface area contributed by atoms with Gasteiger partial charge in [-0.25, -0.2) is 0 Å². The Morgan fingerprint density at radius 3 is 2.15 bits per heavy atom. The number of carbonyl (C=O) groups excluding carboxylic acids is 1. The molecule has 7 nitrogen and oxygen atoms in total. The Hall–Kier alpha value is -3.13. The molecule has 0 atom stereocenters. The Morgan fingerprint density at radius 1 is 0.926 bits per heavy atom. The van der Waals surface area contributed by atoms with Crippen molar-refractivity contribution in [1.82, 2.24) is 10.2 Å². The molecule has 1 N–H and O–H groups in total. The van der Waals surface area contributed by atoms with E-state index in [1.165, 1.54) is 11.3 Å². The minimum Gasteiger partial charge on any atom is -0.497 e. The molecule has 0 unspecified atom stereocenters. The normalized spacial score (nSPS) is 10.3. The highest BCUT2D eigenvalue weighted by molar-refractivity contribution is 7.15. The van der Waals surface area contributed by atoms with Gasteiger partial charge in [0.2, 0.25) is 5.13 Å². The van der Waals surface area contributed by atoms with Gasteiger partial charge in [0.15, 0.2) is 6.61 Å². The summed E-state index contributed by atoms with van der Waals surface area (Å²) in [5, 5.41) is 12.1. The van der Waals surface area contributed by atoms with E-state index in [1.54, 1.807) is 38.5 Å². The SMILES string of the molecule is COc1ccc(Cc2nnc(NC(=O)COc3ccc(OC)cc3)s2)cc1. The van der Waals surface area contributed by atoms with Gasteiger partial charge in [-0.05, 0) is 42.0 Å². The Labute approximate surface area is 160 Å². The maximum atomic E-state index is 12.0. The van der Waals surface area contributed by atoms with Gasteiger partial charge >= 0.3 is 0 Å². The van der Waals surface area contributed by atoms with Crippen LogP contribution in [0.1, 0.15) is 10.6 Å². The largest absolute Gasteiger partial charge is 0.497 e. The Morgan fingerprint density at radius 2 is 1.52 bits per heavy atom. The molecule has 3 aromatic rings. The zero-order valence-corrected chi connectivity index (χ0v) is 15.8. The monoisotopic (exact) mass is 385 g/mol. The van der Waals surface area contributed by atoms with Crippen molar-refractivity contribution in [2.45, 2.75) is 6.42 Å². The van der Waals surface area contributed by atoms with Crippen LogP contribution in [-0.2, 0) is 11.2 Å². The standard InChI is InChI=1S/C19H19N3O4S/c1-24-14-5-3-13(4-6-14)11-18-21-22-19(27-18)20-17(23)12-26-16-9-7-15(25-2)8-10-16/h3-10H,11-12H2,1-2H3,(H,20,22,23). The molecule has 1 aromatic heterocycles. The van der Waals surface area contributed by atoms with Crippen molar-refractivity contribution in [3.63, 3.8) is 0 Å². The second-order valence-electron chi connectivity index (χ2n) is 5.54. The van der Waals surface area contributed by atoms with E-state index in [0.717, 1.165) is 22.1 Å². The van der Waals surface area contributed by atoms with Crippen molar-refractivity contribution in [2.24, 2.45) is 0 Å². The number of hydrogen-bond acceptors (Lipinski definition) is 7.